The summed E-state index contributed by atoms with van der Waals surface area (Å²) >= 11 is 0. The number of rotatable bonds is 5. The third-order valence-electron chi connectivity index (χ3n) is 2.31. The molecule has 0 radical (unpaired) electrons. The summed E-state index contributed by atoms with van der Waals surface area (Å²) in [6, 6.07) is 3.83. The smallest absolute Gasteiger partial charge is 0.273 e. The van der Waals surface area contributed by atoms with E-state index in [2.05, 4.69) is 4.72 Å². The van der Waals surface area contributed by atoms with Gasteiger partial charge in [-0.2, -0.15) is 0 Å². The fraction of sp³-hybridized carbons (Fsp3) is 0.400. The summed E-state index contributed by atoms with van der Waals surface area (Å²) in [5.74, 6) is 0. The van der Waals surface area contributed by atoms with Crippen molar-refractivity contribution in [1.82, 2.24) is 4.72 Å². The minimum absolute atomic E-state index is 0.0700. The summed E-state index contributed by atoms with van der Waals surface area (Å²) in [4.78, 5) is 9.93. The average Bonchev–Trinajstić information content (AvgIpc) is 2.26. The second-order valence-corrected chi connectivity index (χ2v) is 5.59. The molecule has 0 heterocycles. The van der Waals surface area contributed by atoms with Crippen molar-refractivity contribution in [2.75, 3.05) is 6.54 Å². The summed E-state index contributed by atoms with van der Waals surface area (Å²) in [5, 5.41) is 19.8. The van der Waals surface area contributed by atoms with Crippen LogP contribution in [0.5, 0.6) is 0 Å². The molecule has 8 heteroatoms. The van der Waals surface area contributed by atoms with Gasteiger partial charge in [0.15, 0.2) is 0 Å². The third kappa shape index (κ3) is 3.25. The van der Waals surface area contributed by atoms with Gasteiger partial charge >= 0.3 is 0 Å². The van der Waals surface area contributed by atoms with Gasteiger partial charge in [-0.1, -0.05) is 6.07 Å². The lowest BCUT2D eigenvalue weighted by molar-refractivity contribution is -0.385. The van der Waals surface area contributed by atoms with Gasteiger partial charge in [-0.3, -0.25) is 10.1 Å². The maximum Gasteiger partial charge on any atom is 0.273 e. The maximum absolute atomic E-state index is 11.9. The van der Waals surface area contributed by atoms with E-state index in [0.29, 0.717) is 0 Å². The summed E-state index contributed by atoms with van der Waals surface area (Å²) in [7, 11) is -3.86. The van der Waals surface area contributed by atoms with Gasteiger partial charge < -0.3 is 5.11 Å². The van der Waals surface area contributed by atoms with Crippen molar-refractivity contribution < 1.29 is 18.4 Å². The minimum atomic E-state index is -3.86. The molecule has 0 bridgehead atoms. The van der Waals surface area contributed by atoms with Crippen LogP contribution in [0.3, 0.4) is 0 Å². The topological polar surface area (TPSA) is 110 Å². The number of aliphatic hydroxyl groups is 1. The van der Waals surface area contributed by atoms with Gasteiger partial charge in [0.2, 0.25) is 10.0 Å². The first-order chi connectivity index (χ1) is 8.25. The zero-order chi connectivity index (χ0) is 13.9. The summed E-state index contributed by atoms with van der Waals surface area (Å²) in [5.41, 5.74) is -0.185. The highest BCUT2D eigenvalue weighted by molar-refractivity contribution is 7.89. The zero-order valence-electron chi connectivity index (χ0n) is 9.95. The first kappa shape index (κ1) is 14.6. The maximum atomic E-state index is 11.9. The fourth-order valence-corrected chi connectivity index (χ4v) is 2.78. The van der Waals surface area contributed by atoms with E-state index in [1.807, 2.05) is 0 Å². The van der Waals surface area contributed by atoms with Crippen LogP contribution in [0, 0.1) is 17.0 Å². The second-order valence-electron chi connectivity index (χ2n) is 3.86. The largest absolute Gasteiger partial charge is 0.392 e. The molecule has 18 heavy (non-hydrogen) atoms. The number of aliphatic hydroxyl groups excluding tert-OH is 1. The van der Waals surface area contributed by atoms with Crippen LogP contribution in [0.4, 0.5) is 5.69 Å². The van der Waals surface area contributed by atoms with E-state index in [0.717, 1.165) is 0 Å². The van der Waals surface area contributed by atoms with Crippen molar-refractivity contribution in [3.63, 3.8) is 0 Å². The first-order valence-electron chi connectivity index (χ1n) is 5.17. The monoisotopic (exact) mass is 274 g/mol. The van der Waals surface area contributed by atoms with E-state index in [9.17, 15) is 18.5 Å². The van der Waals surface area contributed by atoms with E-state index in [4.69, 9.17) is 5.11 Å². The number of nitro benzene ring substituents is 1. The molecule has 0 aliphatic rings. The number of nitrogens with one attached hydrogen (secondary N) is 1. The molecular weight excluding hydrogens is 260 g/mol. The molecule has 7 nitrogen and oxygen atoms in total. The molecule has 2 N–H and O–H groups in total. The minimum Gasteiger partial charge on any atom is -0.392 e. The molecular formula is C10H14N2O5S. The van der Waals surface area contributed by atoms with Crippen molar-refractivity contribution in [3.05, 3.63) is 33.9 Å². The Hall–Kier alpha value is -1.51. The molecule has 0 spiro atoms. The Kier molecular flexibility index (Phi) is 4.38. The van der Waals surface area contributed by atoms with E-state index in [-0.39, 0.29) is 22.7 Å². The van der Waals surface area contributed by atoms with Crippen LogP contribution in [-0.4, -0.2) is 31.1 Å². The lowest BCUT2D eigenvalue weighted by atomic mass is 10.2. The van der Waals surface area contributed by atoms with Crippen molar-refractivity contribution in [1.29, 1.82) is 0 Å². The number of hydrogen-bond acceptors (Lipinski definition) is 5. The van der Waals surface area contributed by atoms with Crippen molar-refractivity contribution >= 4 is 15.7 Å². The van der Waals surface area contributed by atoms with Gasteiger partial charge in [-0.15, -0.1) is 0 Å². The molecule has 0 saturated carbocycles. The highest BCUT2D eigenvalue weighted by Crippen LogP contribution is 2.24. The molecule has 1 aromatic carbocycles. The fourth-order valence-electron chi connectivity index (χ4n) is 1.40. The average molecular weight is 274 g/mol. The quantitative estimate of drug-likeness (QED) is 0.602. The van der Waals surface area contributed by atoms with Crippen molar-refractivity contribution in [2.24, 2.45) is 0 Å². The molecule has 1 unspecified atom stereocenters. The SMILES string of the molecule is Cc1c([N+](=O)[O-])cccc1S(=O)(=O)NCC(C)O. The van der Waals surface area contributed by atoms with Gasteiger partial charge in [0, 0.05) is 18.2 Å². The van der Waals surface area contributed by atoms with Crippen molar-refractivity contribution in [2.45, 2.75) is 24.8 Å². The standard InChI is InChI=1S/C10H14N2O5S/c1-7(13)6-11-18(16,17)10-5-3-4-9(8(10)2)12(14)15/h3-5,7,11,13H,6H2,1-2H3. The first-order valence-corrected chi connectivity index (χ1v) is 6.65. The number of benzene rings is 1. The van der Waals surface area contributed by atoms with E-state index in [1.165, 1.54) is 32.0 Å². The van der Waals surface area contributed by atoms with Crippen LogP contribution >= 0.6 is 0 Å². The molecule has 0 aliphatic heterocycles. The number of nitrogens with zero attached hydrogens (tertiary/aromatic N) is 1. The van der Waals surface area contributed by atoms with E-state index in [1.54, 1.807) is 0 Å². The Balaban J connectivity index is 3.17. The summed E-state index contributed by atoms with van der Waals surface area (Å²) in [6.07, 6.45) is -0.834. The predicted octanol–water partition coefficient (Wildman–Crippen LogP) is 0.562. The lowest BCUT2D eigenvalue weighted by Gasteiger charge is -2.10. The van der Waals surface area contributed by atoms with Crippen molar-refractivity contribution in [3.8, 4) is 0 Å². The molecule has 1 aromatic rings. The van der Waals surface area contributed by atoms with Crippen LogP contribution in [0.1, 0.15) is 12.5 Å². The van der Waals surface area contributed by atoms with Crippen LogP contribution in [0.25, 0.3) is 0 Å². The Labute approximate surface area is 105 Å². The van der Waals surface area contributed by atoms with E-state index < -0.39 is 21.1 Å². The van der Waals surface area contributed by atoms with Crippen LogP contribution in [0.2, 0.25) is 0 Å². The van der Waals surface area contributed by atoms with Gasteiger partial charge in [0.25, 0.3) is 5.69 Å². The van der Waals surface area contributed by atoms with Gasteiger partial charge in [-0.25, -0.2) is 13.1 Å². The molecule has 100 valence electrons. The highest BCUT2D eigenvalue weighted by atomic mass is 32.2. The molecule has 1 rings (SSSR count). The van der Waals surface area contributed by atoms with Gasteiger partial charge in [0.05, 0.1) is 15.9 Å². The van der Waals surface area contributed by atoms with Crippen LogP contribution in [0.15, 0.2) is 23.1 Å². The zero-order valence-corrected chi connectivity index (χ0v) is 10.8. The Morgan fingerprint density at radius 1 is 1.50 bits per heavy atom. The van der Waals surface area contributed by atoms with Gasteiger partial charge in [-0.05, 0) is 19.9 Å². The predicted molar refractivity (Wildman–Crippen MR) is 64.7 cm³/mol. The molecule has 0 aromatic heterocycles. The van der Waals surface area contributed by atoms with Crippen LogP contribution in [-0.2, 0) is 10.0 Å². The summed E-state index contributed by atoms with van der Waals surface area (Å²) < 4.78 is 26.0. The number of sulfonamides is 1. The molecule has 0 fully saturated rings. The number of hydrogen-bond donors (Lipinski definition) is 2. The number of nitro groups is 1. The Bertz CT molecular complexity index is 553. The van der Waals surface area contributed by atoms with Crippen LogP contribution < -0.4 is 4.72 Å². The van der Waals surface area contributed by atoms with E-state index >= 15 is 0 Å². The second kappa shape index (κ2) is 5.42. The lowest BCUT2D eigenvalue weighted by Crippen LogP contribution is -2.31. The van der Waals surface area contributed by atoms with Gasteiger partial charge in [0.1, 0.15) is 0 Å². The molecule has 0 aliphatic carbocycles. The normalized spacial score (nSPS) is 13.3. The highest BCUT2D eigenvalue weighted by Gasteiger charge is 2.22. The molecule has 1 atom stereocenters. The summed E-state index contributed by atoms with van der Waals surface area (Å²) in [6.45, 7) is 2.66. The molecule has 0 amide bonds. The third-order valence-corrected chi connectivity index (χ3v) is 3.88. The Morgan fingerprint density at radius 2 is 2.11 bits per heavy atom. The molecule has 0 saturated heterocycles. The Morgan fingerprint density at radius 3 is 2.61 bits per heavy atom.